The smallest absolute Gasteiger partial charge is 0.174 e. The molecule has 1 unspecified atom stereocenters. The van der Waals surface area contributed by atoms with Crippen molar-refractivity contribution in [3.8, 4) is 11.8 Å². The Morgan fingerprint density at radius 1 is 1.30 bits per heavy atom. The Morgan fingerprint density at radius 2 is 2.05 bits per heavy atom. The van der Waals surface area contributed by atoms with Gasteiger partial charge in [0.2, 0.25) is 0 Å². The topological polar surface area (TPSA) is 45.0 Å². The van der Waals surface area contributed by atoms with Crippen molar-refractivity contribution >= 4 is 11.3 Å². The number of thiophene rings is 1. The van der Waals surface area contributed by atoms with Gasteiger partial charge in [-0.1, -0.05) is 12.1 Å². The van der Waals surface area contributed by atoms with E-state index < -0.39 is 0 Å². The Bertz CT molecular complexity index is 583. The number of rotatable bonds is 6. The van der Waals surface area contributed by atoms with Crippen LogP contribution in [-0.2, 0) is 6.54 Å². The zero-order chi connectivity index (χ0) is 14.4. The van der Waals surface area contributed by atoms with Crippen LogP contribution in [0.3, 0.4) is 0 Å². The molecule has 0 amide bonds. The van der Waals surface area contributed by atoms with Crippen LogP contribution in [0.5, 0.6) is 5.75 Å². The molecule has 0 bridgehead atoms. The van der Waals surface area contributed by atoms with Crippen molar-refractivity contribution < 1.29 is 4.74 Å². The van der Waals surface area contributed by atoms with Crippen LogP contribution in [0.1, 0.15) is 29.0 Å². The fourth-order valence-corrected chi connectivity index (χ4v) is 2.77. The second-order valence-corrected chi connectivity index (χ2v) is 5.65. The minimum Gasteiger partial charge on any atom is -0.479 e. The maximum atomic E-state index is 8.47. The predicted octanol–water partition coefficient (Wildman–Crippen LogP) is 3.81. The molecular formula is C16H18N2OS. The van der Waals surface area contributed by atoms with E-state index in [1.165, 1.54) is 16.0 Å². The van der Waals surface area contributed by atoms with Crippen molar-refractivity contribution in [3.63, 3.8) is 0 Å². The lowest BCUT2D eigenvalue weighted by atomic mass is 10.1. The Balaban J connectivity index is 1.90. The summed E-state index contributed by atoms with van der Waals surface area (Å²) in [6.45, 7) is 5.26. The number of ether oxygens (including phenoxy) is 1. The Kier molecular flexibility index (Phi) is 5.16. The lowest BCUT2D eigenvalue weighted by molar-refractivity contribution is 0.368. The Hall–Kier alpha value is -1.83. The van der Waals surface area contributed by atoms with Crippen LogP contribution in [0.15, 0.2) is 35.7 Å². The molecular weight excluding hydrogens is 268 g/mol. The van der Waals surface area contributed by atoms with Gasteiger partial charge in [0.15, 0.2) is 6.61 Å². The molecule has 0 saturated carbocycles. The van der Waals surface area contributed by atoms with Crippen LogP contribution >= 0.6 is 11.3 Å². The van der Waals surface area contributed by atoms with E-state index in [0.29, 0.717) is 0 Å². The molecule has 1 atom stereocenters. The minimum absolute atomic E-state index is 0.0881. The standard InChI is InChI=1S/C16H18N2OS/c1-12-7-10-20-16(12)11-18-13(2)14-3-5-15(6-4-14)19-9-8-17/h3-7,10,13,18H,9,11H2,1-2H3. The van der Waals surface area contributed by atoms with E-state index in [1.54, 1.807) is 11.3 Å². The second-order valence-electron chi connectivity index (χ2n) is 4.65. The molecule has 0 spiro atoms. The summed E-state index contributed by atoms with van der Waals surface area (Å²) in [6.07, 6.45) is 0. The lowest BCUT2D eigenvalue weighted by Crippen LogP contribution is -2.17. The molecule has 1 aromatic carbocycles. The summed E-state index contributed by atoms with van der Waals surface area (Å²) >= 11 is 1.79. The van der Waals surface area contributed by atoms with Crippen molar-refractivity contribution in [1.29, 1.82) is 5.26 Å². The zero-order valence-corrected chi connectivity index (χ0v) is 12.5. The highest BCUT2D eigenvalue weighted by atomic mass is 32.1. The van der Waals surface area contributed by atoms with Gasteiger partial charge in [0.25, 0.3) is 0 Å². The van der Waals surface area contributed by atoms with Gasteiger partial charge in [-0.2, -0.15) is 5.26 Å². The van der Waals surface area contributed by atoms with Crippen LogP contribution in [0.2, 0.25) is 0 Å². The van der Waals surface area contributed by atoms with Gasteiger partial charge < -0.3 is 10.1 Å². The van der Waals surface area contributed by atoms with Crippen molar-refractivity contribution in [1.82, 2.24) is 5.32 Å². The summed E-state index contributed by atoms with van der Waals surface area (Å²) in [7, 11) is 0. The first-order chi connectivity index (χ1) is 9.70. The van der Waals surface area contributed by atoms with Gasteiger partial charge in [0.1, 0.15) is 11.8 Å². The van der Waals surface area contributed by atoms with Crippen LogP contribution in [0, 0.1) is 18.3 Å². The highest BCUT2D eigenvalue weighted by molar-refractivity contribution is 7.10. The van der Waals surface area contributed by atoms with E-state index in [1.807, 2.05) is 30.3 Å². The average Bonchev–Trinajstić information content (AvgIpc) is 2.88. The molecule has 2 aromatic rings. The maximum Gasteiger partial charge on any atom is 0.174 e. The minimum atomic E-state index is 0.0881. The molecule has 1 aromatic heterocycles. The highest BCUT2D eigenvalue weighted by Gasteiger charge is 2.07. The van der Waals surface area contributed by atoms with Gasteiger partial charge in [0, 0.05) is 17.5 Å². The summed E-state index contributed by atoms with van der Waals surface area (Å²) in [5.74, 6) is 0.733. The summed E-state index contributed by atoms with van der Waals surface area (Å²) in [5, 5.41) is 14.1. The molecule has 1 N–H and O–H groups in total. The zero-order valence-electron chi connectivity index (χ0n) is 11.7. The number of nitrogens with zero attached hydrogens (tertiary/aromatic N) is 1. The maximum absolute atomic E-state index is 8.47. The largest absolute Gasteiger partial charge is 0.479 e. The summed E-state index contributed by atoms with van der Waals surface area (Å²) < 4.78 is 5.24. The van der Waals surface area contributed by atoms with Crippen LogP contribution in [0.4, 0.5) is 0 Å². The number of hydrogen-bond acceptors (Lipinski definition) is 4. The first-order valence-electron chi connectivity index (χ1n) is 6.56. The molecule has 20 heavy (non-hydrogen) atoms. The van der Waals surface area contributed by atoms with Gasteiger partial charge in [-0.05, 0) is 48.6 Å². The fraction of sp³-hybridized carbons (Fsp3) is 0.312. The number of benzene rings is 1. The summed E-state index contributed by atoms with van der Waals surface area (Å²) in [5.41, 5.74) is 2.55. The molecule has 1 heterocycles. The summed E-state index contributed by atoms with van der Waals surface area (Å²) in [6, 6.07) is 12.3. The third-order valence-electron chi connectivity index (χ3n) is 3.22. The SMILES string of the molecule is Cc1ccsc1CNC(C)c1ccc(OCC#N)cc1. The second kappa shape index (κ2) is 7.09. The van der Waals surface area contributed by atoms with Gasteiger partial charge in [0.05, 0.1) is 0 Å². The molecule has 0 aliphatic carbocycles. The van der Waals surface area contributed by atoms with Gasteiger partial charge in [-0.15, -0.1) is 11.3 Å². The van der Waals surface area contributed by atoms with Gasteiger partial charge in [-0.25, -0.2) is 0 Å². The number of nitriles is 1. The molecule has 104 valence electrons. The van der Waals surface area contributed by atoms with Gasteiger partial charge >= 0.3 is 0 Å². The van der Waals surface area contributed by atoms with E-state index in [4.69, 9.17) is 10.00 Å². The van der Waals surface area contributed by atoms with Crippen molar-refractivity contribution in [2.75, 3.05) is 6.61 Å². The van der Waals surface area contributed by atoms with Crippen molar-refractivity contribution in [2.24, 2.45) is 0 Å². The highest BCUT2D eigenvalue weighted by Crippen LogP contribution is 2.20. The molecule has 0 radical (unpaired) electrons. The molecule has 0 saturated heterocycles. The monoisotopic (exact) mass is 286 g/mol. The predicted molar refractivity (Wildman–Crippen MR) is 81.9 cm³/mol. The average molecular weight is 286 g/mol. The molecule has 0 aliphatic heterocycles. The van der Waals surface area contributed by atoms with Crippen molar-refractivity contribution in [2.45, 2.75) is 26.4 Å². The number of hydrogen-bond donors (Lipinski definition) is 1. The quantitative estimate of drug-likeness (QED) is 0.878. The van der Waals surface area contributed by atoms with Crippen LogP contribution in [0.25, 0.3) is 0 Å². The van der Waals surface area contributed by atoms with Crippen LogP contribution < -0.4 is 10.1 Å². The van der Waals surface area contributed by atoms with E-state index in [9.17, 15) is 0 Å². The van der Waals surface area contributed by atoms with E-state index in [-0.39, 0.29) is 12.6 Å². The van der Waals surface area contributed by atoms with E-state index >= 15 is 0 Å². The third kappa shape index (κ3) is 3.83. The Labute approximate surface area is 123 Å². The van der Waals surface area contributed by atoms with Gasteiger partial charge in [-0.3, -0.25) is 0 Å². The van der Waals surface area contributed by atoms with Crippen LogP contribution in [-0.4, -0.2) is 6.61 Å². The first kappa shape index (κ1) is 14.6. The molecule has 4 heteroatoms. The fourth-order valence-electron chi connectivity index (χ4n) is 1.92. The normalized spacial score (nSPS) is 11.8. The lowest BCUT2D eigenvalue weighted by Gasteiger charge is -2.14. The molecule has 3 nitrogen and oxygen atoms in total. The molecule has 0 aliphatic rings. The van der Waals surface area contributed by atoms with E-state index in [2.05, 4.69) is 30.6 Å². The number of nitrogens with one attached hydrogen (secondary N) is 1. The molecule has 0 fully saturated rings. The number of aryl methyl sites for hydroxylation is 1. The Morgan fingerprint density at radius 3 is 2.65 bits per heavy atom. The van der Waals surface area contributed by atoms with E-state index in [0.717, 1.165) is 12.3 Å². The summed E-state index contributed by atoms with van der Waals surface area (Å²) in [4.78, 5) is 1.38. The van der Waals surface area contributed by atoms with Crippen molar-refractivity contribution in [3.05, 3.63) is 51.7 Å². The molecule has 2 rings (SSSR count). The third-order valence-corrected chi connectivity index (χ3v) is 4.24. The first-order valence-corrected chi connectivity index (χ1v) is 7.44.